The molecule has 4 rings (SSSR count). The van der Waals surface area contributed by atoms with E-state index in [-0.39, 0.29) is 5.97 Å². The SMILES string of the molecule is COc1ccc2cc(C3=C/C(=C/c4ccc(C)cc4)C(=O)O3)ccc2c1. The lowest BCUT2D eigenvalue weighted by atomic mass is 10.0. The Bertz CT molecular complexity index is 1060. The first-order valence-corrected chi connectivity index (χ1v) is 8.43. The van der Waals surface area contributed by atoms with Crippen molar-refractivity contribution in [2.45, 2.75) is 6.92 Å². The molecule has 0 N–H and O–H groups in total. The van der Waals surface area contributed by atoms with E-state index < -0.39 is 0 Å². The van der Waals surface area contributed by atoms with Gasteiger partial charge in [0, 0.05) is 5.56 Å². The van der Waals surface area contributed by atoms with Gasteiger partial charge >= 0.3 is 5.97 Å². The number of aryl methyl sites for hydroxylation is 1. The molecule has 3 nitrogen and oxygen atoms in total. The van der Waals surface area contributed by atoms with Gasteiger partial charge < -0.3 is 9.47 Å². The summed E-state index contributed by atoms with van der Waals surface area (Å²) in [6.45, 7) is 2.04. The molecule has 0 aliphatic carbocycles. The van der Waals surface area contributed by atoms with Crippen molar-refractivity contribution >= 4 is 28.6 Å². The summed E-state index contributed by atoms with van der Waals surface area (Å²) in [7, 11) is 1.65. The highest BCUT2D eigenvalue weighted by Crippen LogP contribution is 2.30. The molecule has 1 aliphatic rings. The van der Waals surface area contributed by atoms with E-state index in [9.17, 15) is 4.79 Å². The van der Waals surface area contributed by atoms with Crippen molar-refractivity contribution in [2.75, 3.05) is 7.11 Å². The number of carbonyl (C=O) groups is 1. The number of hydrogen-bond donors (Lipinski definition) is 0. The van der Waals surface area contributed by atoms with Crippen LogP contribution < -0.4 is 4.74 Å². The zero-order chi connectivity index (χ0) is 18.1. The van der Waals surface area contributed by atoms with Crippen LogP contribution >= 0.6 is 0 Å². The molecule has 3 aromatic rings. The molecule has 0 atom stereocenters. The van der Waals surface area contributed by atoms with Crippen LogP contribution in [0.4, 0.5) is 0 Å². The number of esters is 1. The average Bonchev–Trinajstić information content (AvgIpc) is 3.03. The molecule has 0 radical (unpaired) electrons. The predicted octanol–water partition coefficient (Wildman–Crippen LogP) is 5.14. The summed E-state index contributed by atoms with van der Waals surface area (Å²) >= 11 is 0. The summed E-state index contributed by atoms with van der Waals surface area (Å²) in [5.41, 5.74) is 3.60. The summed E-state index contributed by atoms with van der Waals surface area (Å²) in [5.74, 6) is 1.07. The average molecular weight is 342 g/mol. The fraction of sp³-hybridized carbons (Fsp3) is 0.0870. The smallest absolute Gasteiger partial charge is 0.343 e. The first kappa shape index (κ1) is 16.2. The van der Waals surface area contributed by atoms with Crippen LogP contribution in [-0.2, 0) is 9.53 Å². The summed E-state index contributed by atoms with van der Waals surface area (Å²) in [4.78, 5) is 12.2. The Morgan fingerprint density at radius 1 is 0.923 bits per heavy atom. The van der Waals surface area contributed by atoms with E-state index in [0.717, 1.165) is 27.6 Å². The van der Waals surface area contributed by atoms with Gasteiger partial charge in [-0.05, 0) is 53.6 Å². The van der Waals surface area contributed by atoms with E-state index in [2.05, 4.69) is 0 Å². The molecule has 1 aliphatic heterocycles. The van der Waals surface area contributed by atoms with E-state index in [4.69, 9.17) is 9.47 Å². The Labute approximate surface area is 152 Å². The third kappa shape index (κ3) is 3.11. The first-order chi connectivity index (χ1) is 12.6. The Kier molecular flexibility index (Phi) is 4.05. The number of benzene rings is 3. The number of methoxy groups -OCH3 is 1. The van der Waals surface area contributed by atoms with E-state index in [1.54, 1.807) is 13.2 Å². The molecule has 26 heavy (non-hydrogen) atoms. The van der Waals surface area contributed by atoms with Gasteiger partial charge in [0.15, 0.2) is 0 Å². The van der Waals surface area contributed by atoms with Crippen LogP contribution in [0.5, 0.6) is 5.75 Å². The molecule has 0 bridgehead atoms. The van der Waals surface area contributed by atoms with Crippen LogP contribution in [0.25, 0.3) is 22.6 Å². The van der Waals surface area contributed by atoms with Gasteiger partial charge in [0.2, 0.25) is 0 Å². The largest absolute Gasteiger partial charge is 0.497 e. The molecule has 0 spiro atoms. The lowest BCUT2D eigenvalue weighted by molar-refractivity contribution is -0.130. The van der Waals surface area contributed by atoms with Crippen LogP contribution in [0, 0.1) is 6.92 Å². The highest BCUT2D eigenvalue weighted by atomic mass is 16.5. The number of cyclic esters (lactones) is 1. The fourth-order valence-electron chi connectivity index (χ4n) is 2.98. The van der Waals surface area contributed by atoms with Crippen LogP contribution in [0.3, 0.4) is 0 Å². The minimum Gasteiger partial charge on any atom is -0.497 e. The second-order valence-corrected chi connectivity index (χ2v) is 6.34. The van der Waals surface area contributed by atoms with Crippen molar-refractivity contribution in [3.05, 3.63) is 89.0 Å². The maximum atomic E-state index is 12.2. The molecule has 0 aromatic heterocycles. The van der Waals surface area contributed by atoms with Gasteiger partial charge in [0.25, 0.3) is 0 Å². The molecule has 3 heteroatoms. The quantitative estimate of drug-likeness (QED) is 0.488. The minimum absolute atomic E-state index is 0.324. The fourth-order valence-corrected chi connectivity index (χ4v) is 2.98. The van der Waals surface area contributed by atoms with Gasteiger partial charge in [-0.3, -0.25) is 0 Å². The lowest BCUT2D eigenvalue weighted by Crippen LogP contribution is -1.97. The molecule has 0 amide bonds. The molecular weight excluding hydrogens is 324 g/mol. The molecule has 0 saturated heterocycles. The molecule has 128 valence electrons. The summed E-state index contributed by atoms with van der Waals surface area (Å²) < 4.78 is 10.7. The predicted molar refractivity (Wildman–Crippen MR) is 104 cm³/mol. The van der Waals surface area contributed by atoms with Gasteiger partial charge in [0.1, 0.15) is 11.5 Å². The Morgan fingerprint density at radius 3 is 2.42 bits per heavy atom. The van der Waals surface area contributed by atoms with E-state index in [0.29, 0.717) is 11.3 Å². The molecule has 0 unspecified atom stereocenters. The molecular formula is C23H18O3. The van der Waals surface area contributed by atoms with E-state index in [1.807, 2.05) is 73.7 Å². The molecule has 0 saturated carbocycles. The highest BCUT2D eigenvalue weighted by molar-refractivity contribution is 6.05. The van der Waals surface area contributed by atoms with Crippen molar-refractivity contribution in [1.82, 2.24) is 0 Å². The molecule has 1 heterocycles. The van der Waals surface area contributed by atoms with Crippen molar-refractivity contribution < 1.29 is 14.3 Å². The standard InChI is InChI=1S/C23H18O3/c1-15-3-5-16(6-4-15)11-20-14-22(26-23(20)24)19-8-7-18-13-21(25-2)10-9-17(18)12-19/h3-14H,1-2H3/b20-11-. The van der Waals surface area contributed by atoms with Gasteiger partial charge in [-0.2, -0.15) is 0 Å². The van der Waals surface area contributed by atoms with Crippen molar-refractivity contribution in [1.29, 1.82) is 0 Å². The number of ether oxygens (including phenoxy) is 2. The second-order valence-electron chi connectivity index (χ2n) is 6.34. The molecule has 0 fully saturated rings. The van der Waals surface area contributed by atoms with Crippen molar-refractivity contribution in [3.8, 4) is 5.75 Å². The second kappa shape index (κ2) is 6.52. The van der Waals surface area contributed by atoms with E-state index >= 15 is 0 Å². The summed E-state index contributed by atoms with van der Waals surface area (Å²) in [5, 5.41) is 2.14. The van der Waals surface area contributed by atoms with Gasteiger partial charge in [-0.25, -0.2) is 4.79 Å². The van der Waals surface area contributed by atoms with Crippen LogP contribution in [-0.4, -0.2) is 13.1 Å². The topological polar surface area (TPSA) is 35.5 Å². The molecule has 3 aromatic carbocycles. The van der Waals surface area contributed by atoms with Crippen molar-refractivity contribution in [2.24, 2.45) is 0 Å². The number of hydrogen-bond acceptors (Lipinski definition) is 3. The van der Waals surface area contributed by atoms with Crippen LogP contribution in [0.2, 0.25) is 0 Å². The lowest BCUT2D eigenvalue weighted by Gasteiger charge is -2.06. The zero-order valence-electron chi connectivity index (χ0n) is 14.7. The maximum Gasteiger partial charge on any atom is 0.343 e. The minimum atomic E-state index is -0.324. The third-order valence-electron chi connectivity index (χ3n) is 4.46. The Hall–Kier alpha value is -3.33. The van der Waals surface area contributed by atoms with Gasteiger partial charge in [-0.15, -0.1) is 0 Å². The Balaban J connectivity index is 1.68. The summed E-state index contributed by atoms with van der Waals surface area (Å²) in [6, 6.07) is 19.9. The maximum absolute atomic E-state index is 12.2. The Morgan fingerprint density at radius 2 is 1.65 bits per heavy atom. The number of rotatable bonds is 3. The van der Waals surface area contributed by atoms with Gasteiger partial charge in [-0.1, -0.05) is 48.0 Å². The zero-order valence-corrected chi connectivity index (χ0v) is 14.7. The summed E-state index contributed by atoms with van der Waals surface area (Å²) in [6.07, 6.45) is 3.65. The number of carbonyl (C=O) groups excluding carboxylic acids is 1. The normalized spacial score (nSPS) is 15.2. The van der Waals surface area contributed by atoms with Crippen LogP contribution in [0.1, 0.15) is 16.7 Å². The van der Waals surface area contributed by atoms with Gasteiger partial charge in [0.05, 0.1) is 12.7 Å². The monoisotopic (exact) mass is 342 g/mol. The van der Waals surface area contributed by atoms with Crippen molar-refractivity contribution in [3.63, 3.8) is 0 Å². The third-order valence-corrected chi connectivity index (χ3v) is 4.46. The first-order valence-electron chi connectivity index (χ1n) is 8.43. The van der Waals surface area contributed by atoms with Crippen LogP contribution in [0.15, 0.2) is 72.3 Å². The van der Waals surface area contributed by atoms with E-state index in [1.165, 1.54) is 5.56 Å². The highest BCUT2D eigenvalue weighted by Gasteiger charge is 2.22. The number of fused-ring (bicyclic) bond motifs is 1.